The van der Waals surface area contributed by atoms with Gasteiger partial charge in [0.25, 0.3) is 5.69 Å². The Morgan fingerprint density at radius 2 is 1.78 bits per heavy atom. The summed E-state index contributed by atoms with van der Waals surface area (Å²) in [5.74, 6) is -0.692. The van der Waals surface area contributed by atoms with Crippen LogP contribution in [0.1, 0.15) is 16.8 Å². The number of non-ortho nitro benzene ring substituents is 1. The molecule has 27 heavy (non-hydrogen) atoms. The third-order valence-electron chi connectivity index (χ3n) is 4.69. The van der Waals surface area contributed by atoms with E-state index in [1.807, 2.05) is 0 Å². The van der Waals surface area contributed by atoms with Crippen molar-refractivity contribution in [3.63, 3.8) is 0 Å². The Balaban J connectivity index is 1.48. The van der Waals surface area contributed by atoms with Gasteiger partial charge in [-0.25, -0.2) is 4.39 Å². The number of piperazine rings is 1. The predicted molar refractivity (Wildman–Crippen MR) is 102 cm³/mol. The highest BCUT2D eigenvalue weighted by molar-refractivity contribution is 6.30. The van der Waals surface area contributed by atoms with Crippen LogP contribution in [0.3, 0.4) is 0 Å². The Kier molecular flexibility index (Phi) is 6.03. The number of carbonyl (C=O) groups excluding carboxylic acids is 1. The highest BCUT2D eigenvalue weighted by Gasteiger charge is 2.19. The average Bonchev–Trinajstić information content (AvgIpc) is 2.68. The smallest absolute Gasteiger partial charge is 0.269 e. The third kappa shape index (κ3) is 4.81. The molecule has 0 saturated carbocycles. The van der Waals surface area contributed by atoms with E-state index in [9.17, 15) is 19.3 Å². The Labute approximate surface area is 161 Å². The van der Waals surface area contributed by atoms with Crippen molar-refractivity contribution in [1.29, 1.82) is 0 Å². The van der Waals surface area contributed by atoms with E-state index in [4.69, 9.17) is 11.6 Å². The minimum absolute atomic E-state index is 0.00826. The van der Waals surface area contributed by atoms with Crippen molar-refractivity contribution in [2.45, 2.75) is 6.42 Å². The molecule has 142 valence electrons. The number of nitro benzene ring substituents is 1. The number of anilines is 1. The zero-order chi connectivity index (χ0) is 19.4. The molecule has 1 aliphatic rings. The SMILES string of the molecule is O=C(CCN1CCN(c2ccc([N+](=O)[O-])cc2)CC1)c1ccc(Cl)c(F)c1. The van der Waals surface area contributed by atoms with E-state index < -0.39 is 10.7 Å². The van der Waals surface area contributed by atoms with Crippen molar-refractivity contribution in [3.05, 3.63) is 69.0 Å². The van der Waals surface area contributed by atoms with Crippen LogP contribution in [0.2, 0.25) is 5.02 Å². The summed E-state index contributed by atoms with van der Waals surface area (Å²) in [4.78, 5) is 26.9. The lowest BCUT2D eigenvalue weighted by atomic mass is 10.1. The van der Waals surface area contributed by atoms with Crippen molar-refractivity contribution in [2.24, 2.45) is 0 Å². The molecule has 6 nitrogen and oxygen atoms in total. The zero-order valence-corrected chi connectivity index (χ0v) is 15.4. The molecule has 0 radical (unpaired) electrons. The highest BCUT2D eigenvalue weighted by Crippen LogP contribution is 2.21. The molecular weight excluding hydrogens is 373 g/mol. The fourth-order valence-corrected chi connectivity index (χ4v) is 3.21. The number of benzene rings is 2. The Morgan fingerprint density at radius 3 is 2.37 bits per heavy atom. The molecule has 0 spiro atoms. The summed E-state index contributed by atoms with van der Waals surface area (Å²) >= 11 is 5.64. The van der Waals surface area contributed by atoms with Gasteiger partial charge in [0.2, 0.25) is 0 Å². The average molecular weight is 392 g/mol. The molecule has 0 bridgehead atoms. The Hall–Kier alpha value is -2.51. The van der Waals surface area contributed by atoms with Crippen LogP contribution in [-0.4, -0.2) is 48.3 Å². The molecule has 1 saturated heterocycles. The second-order valence-electron chi connectivity index (χ2n) is 6.40. The van der Waals surface area contributed by atoms with Gasteiger partial charge in [0.1, 0.15) is 5.82 Å². The maximum Gasteiger partial charge on any atom is 0.269 e. The lowest BCUT2D eigenvalue weighted by Gasteiger charge is -2.36. The predicted octanol–water partition coefficient (Wildman–Crippen LogP) is 3.78. The lowest BCUT2D eigenvalue weighted by Crippen LogP contribution is -2.46. The highest BCUT2D eigenvalue weighted by atomic mass is 35.5. The van der Waals surface area contributed by atoms with Gasteiger partial charge < -0.3 is 4.90 Å². The van der Waals surface area contributed by atoms with Gasteiger partial charge in [-0.3, -0.25) is 19.8 Å². The standard InChI is InChI=1S/C19H19ClFN3O3/c20-17-6-1-14(13-18(17)21)19(25)7-8-22-9-11-23(12-10-22)15-2-4-16(5-3-15)24(26)27/h1-6,13H,7-12H2. The molecule has 8 heteroatoms. The topological polar surface area (TPSA) is 66.7 Å². The summed E-state index contributed by atoms with van der Waals surface area (Å²) in [6, 6.07) is 10.6. The summed E-state index contributed by atoms with van der Waals surface area (Å²) < 4.78 is 13.5. The minimum Gasteiger partial charge on any atom is -0.369 e. The molecule has 0 aliphatic carbocycles. The number of rotatable bonds is 6. The summed E-state index contributed by atoms with van der Waals surface area (Å²) in [5.41, 5.74) is 1.36. The van der Waals surface area contributed by atoms with Gasteiger partial charge in [0.15, 0.2) is 5.78 Å². The fourth-order valence-electron chi connectivity index (χ4n) is 3.09. The molecule has 0 aromatic heterocycles. The van der Waals surface area contributed by atoms with Crippen molar-refractivity contribution < 1.29 is 14.1 Å². The summed E-state index contributed by atoms with van der Waals surface area (Å²) in [7, 11) is 0. The summed E-state index contributed by atoms with van der Waals surface area (Å²) in [6.07, 6.45) is 0.318. The van der Waals surface area contributed by atoms with Gasteiger partial charge in [-0.1, -0.05) is 11.6 Å². The quantitative estimate of drug-likeness (QED) is 0.426. The van der Waals surface area contributed by atoms with Crippen molar-refractivity contribution in [2.75, 3.05) is 37.6 Å². The number of ketones is 1. The molecule has 2 aromatic carbocycles. The number of Topliss-reactive ketones (excluding diaryl/α,β-unsaturated/α-hetero) is 1. The number of halogens is 2. The number of nitro groups is 1. The van der Waals surface area contributed by atoms with E-state index >= 15 is 0 Å². The first kappa shape index (κ1) is 19.3. The third-order valence-corrected chi connectivity index (χ3v) is 5.00. The number of hydrogen-bond donors (Lipinski definition) is 0. The lowest BCUT2D eigenvalue weighted by molar-refractivity contribution is -0.384. The number of hydrogen-bond acceptors (Lipinski definition) is 5. The van der Waals surface area contributed by atoms with Crippen LogP contribution < -0.4 is 4.90 Å². The zero-order valence-electron chi connectivity index (χ0n) is 14.6. The molecule has 1 fully saturated rings. The van der Waals surface area contributed by atoms with Crippen LogP contribution >= 0.6 is 11.6 Å². The van der Waals surface area contributed by atoms with E-state index in [2.05, 4.69) is 9.80 Å². The van der Waals surface area contributed by atoms with Crippen molar-refractivity contribution >= 4 is 28.8 Å². The van der Waals surface area contributed by atoms with E-state index in [0.29, 0.717) is 18.5 Å². The Bertz CT molecular complexity index is 837. The molecule has 0 atom stereocenters. The molecule has 3 rings (SSSR count). The van der Waals surface area contributed by atoms with Gasteiger partial charge >= 0.3 is 0 Å². The largest absolute Gasteiger partial charge is 0.369 e. The van der Waals surface area contributed by atoms with Gasteiger partial charge in [-0.15, -0.1) is 0 Å². The molecule has 0 amide bonds. The van der Waals surface area contributed by atoms with Crippen molar-refractivity contribution in [3.8, 4) is 0 Å². The fraction of sp³-hybridized carbons (Fsp3) is 0.316. The van der Waals surface area contributed by atoms with E-state index in [1.54, 1.807) is 18.2 Å². The van der Waals surface area contributed by atoms with E-state index in [0.717, 1.165) is 31.9 Å². The van der Waals surface area contributed by atoms with Crippen LogP contribution in [0.5, 0.6) is 0 Å². The van der Waals surface area contributed by atoms with Crippen LogP contribution in [0.25, 0.3) is 0 Å². The van der Waals surface area contributed by atoms with Crippen LogP contribution in [0.4, 0.5) is 15.8 Å². The first-order valence-electron chi connectivity index (χ1n) is 8.64. The van der Waals surface area contributed by atoms with Crippen LogP contribution in [0, 0.1) is 15.9 Å². The Morgan fingerprint density at radius 1 is 1.11 bits per heavy atom. The molecular formula is C19H19ClFN3O3. The molecule has 0 N–H and O–H groups in total. The van der Waals surface area contributed by atoms with Crippen LogP contribution in [0.15, 0.2) is 42.5 Å². The van der Waals surface area contributed by atoms with Crippen molar-refractivity contribution in [1.82, 2.24) is 4.90 Å². The number of nitrogens with zero attached hydrogens (tertiary/aromatic N) is 3. The van der Waals surface area contributed by atoms with Crippen LogP contribution in [-0.2, 0) is 0 Å². The second kappa shape index (κ2) is 8.45. The summed E-state index contributed by atoms with van der Waals surface area (Å²) in [5, 5.41) is 10.7. The molecule has 1 aliphatic heterocycles. The normalized spacial score (nSPS) is 15.0. The van der Waals surface area contributed by atoms with Gasteiger partial charge in [0.05, 0.1) is 9.95 Å². The first-order chi connectivity index (χ1) is 12.9. The van der Waals surface area contributed by atoms with Gasteiger partial charge in [-0.05, 0) is 30.3 Å². The maximum absolute atomic E-state index is 13.5. The first-order valence-corrected chi connectivity index (χ1v) is 9.02. The second-order valence-corrected chi connectivity index (χ2v) is 6.81. The molecule has 0 unspecified atom stereocenters. The van der Waals surface area contributed by atoms with Gasteiger partial charge in [-0.2, -0.15) is 0 Å². The van der Waals surface area contributed by atoms with Gasteiger partial charge in [0, 0.05) is 62.5 Å². The maximum atomic E-state index is 13.5. The minimum atomic E-state index is -0.584. The van der Waals surface area contributed by atoms with E-state index in [-0.39, 0.29) is 16.5 Å². The number of carbonyl (C=O) groups is 1. The summed E-state index contributed by atoms with van der Waals surface area (Å²) in [6.45, 7) is 3.75. The monoisotopic (exact) mass is 391 g/mol. The molecule has 1 heterocycles. The van der Waals surface area contributed by atoms with E-state index in [1.165, 1.54) is 24.3 Å². The molecule has 2 aromatic rings.